The molecule has 0 radical (unpaired) electrons. The number of aliphatic imine (C=N–C) groups is 1. The Bertz CT molecular complexity index is 738. The molecule has 3 N–H and O–H groups in total. The van der Waals surface area contributed by atoms with Crippen LogP contribution in [-0.4, -0.2) is 26.2 Å². The third-order valence-corrected chi connectivity index (χ3v) is 3.47. The van der Waals surface area contributed by atoms with Gasteiger partial charge in [-0.15, -0.1) is 24.0 Å². The molecule has 0 fully saturated rings. The Morgan fingerprint density at radius 2 is 1.73 bits per heavy atom. The van der Waals surface area contributed by atoms with Gasteiger partial charge in [-0.25, -0.2) is 9.18 Å². The zero-order chi connectivity index (χ0) is 18.1. The average molecular weight is 472 g/mol. The van der Waals surface area contributed by atoms with Gasteiger partial charge in [0.15, 0.2) is 5.96 Å². The number of hydrogen-bond acceptors (Lipinski definition) is 3. The van der Waals surface area contributed by atoms with Gasteiger partial charge in [0.1, 0.15) is 5.82 Å². The second-order valence-electron chi connectivity index (χ2n) is 5.18. The van der Waals surface area contributed by atoms with Gasteiger partial charge in [0.05, 0.1) is 7.11 Å². The molecule has 0 saturated heterocycles. The molecule has 0 aliphatic heterocycles. The molecule has 0 atom stereocenters. The van der Waals surface area contributed by atoms with E-state index in [2.05, 4.69) is 25.7 Å². The molecule has 26 heavy (non-hydrogen) atoms. The molecule has 1 amide bonds. The maximum atomic E-state index is 13.6. The van der Waals surface area contributed by atoms with Crippen molar-refractivity contribution in [2.24, 2.45) is 4.99 Å². The Kier molecular flexibility index (Phi) is 9.42. The van der Waals surface area contributed by atoms with Crippen LogP contribution in [-0.2, 0) is 17.8 Å². The van der Waals surface area contributed by atoms with Crippen molar-refractivity contribution < 1.29 is 13.9 Å². The van der Waals surface area contributed by atoms with E-state index >= 15 is 0 Å². The fourth-order valence-electron chi connectivity index (χ4n) is 2.10. The summed E-state index contributed by atoms with van der Waals surface area (Å²) in [5.41, 5.74) is 2.23. The minimum absolute atomic E-state index is 0. The molecule has 2 aromatic rings. The standard InChI is InChI=1S/C18H21FN4O2.HI/c1-20-17(22-12-14-5-3-4-6-16(14)19)21-11-13-7-9-15(10-8-13)23-18(24)25-2;/h3-10H,11-12H2,1-2H3,(H,23,24)(H2,20,21,22);1H. The summed E-state index contributed by atoms with van der Waals surface area (Å²) in [6.45, 7) is 0.879. The molecule has 0 spiro atoms. The number of guanidine groups is 1. The number of ether oxygens (including phenoxy) is 1. The van der Waals surface area contributed by atoms with E-state index in [-0.39, 0.29) is 29.8 Å². The second-order valence-corrected chi connectivity index (χ2v) is 5.18. The Balaban J connectivity index is 0.00000338. The van der Waals surface area contributed by atoms with Crippen LogP contribution < -0.4 is 16.0 Å². The van der Waals surface area contributed by atoms with Crippen LogP contribution in [0.15, 0.2) is 53.5 Å². The smallest absolute Gasteiger partial charge is 0.411 e. The number of methoxy groups -OCH3 is 1. The van der Waals surface area contributed by atoms with Gasteiger partial charge in [0, 0.05) is 31.4 Å². The third kappa shape index (κ3) is 6.87. The Morgan fingerprint density at radius 3 is 2.35 bits per heavy atom. The fraction of sp³-hybridized carbons (Fsp3) is 0.222. The summed E-state index contributed by atoms with van der Waals surface area (Å²) in [6.07, 6.45) is -0.511. The lowest BCUT2D eigenvalue weighted by molar-refractivity contribution is 0.187. The van der Waals surface area contributed by atoms with E-state index < -0.39 is 6.09 Å². The van der Waals surface area contributed by atoms with E-state index in [4.69, 9.17) is 0 Å². The van der Waals surface area contributed by atoms with Crippen molar-refractivity contribution >= 4 is 41.7 Å². The molecule has 0 aliphatic rings. The van der Waals surface area contributed by atoms with Crippen molar-refractivity contribution in [2.75, 3.05) is 19.5 Å². The molecule has 0 aliphatic carbocycles. The molecule has 0 aromatic heterocycles. The van der Waals surface area contributed by atoms with Gasteiger partial charge in [-0.2, -0.15) is 0 Å². The first-order valence-corrected chi connectivity index (χ1v) is 7.74. The molecule has 2 aromatic carbocycles. The summed E-state index contributed by atoms with van der Waals surface area (Å²) in [4.78, 5) is 15.3. The normalized spacial score (nSPS) is 10.5. The number of amides is 1. The van der Waals surface area contributed by atoms with Crippen LogP contribution in [0, 0.1) is 5.82 Å². The number of carbonyl (C=O) groups excluding carboxylic acids is 1. The summed E-state index contributed by atoms with van der Waals surface area (Å²) in [5, 5.41) is 8.80. The van der Waals surface area contributed by atoms with Crippen molar-refractivity contribution in [3.63, 3.8) is 0 Å². The molecular weight excluding hydrogens is 450 g/mol. The van der Waals surface area contributed by atoms with Crippen LogP contribution in [0.2, 0.25) is 0 Å². The van der Waals surface area contributed by atoms with Crippen LogP contribution >= 0.6 is 24.0 Å². The largest absolute Gasteiger partial charge is 0.453 e. The summed E-state index contributed by atoms with van der Waals surface area (Å²) in [5.74, 6) is 0.319. The lowest BCUT2D eigenvalue weighted by atomic mass is 10.2. The highest BCUT2D eigenvalue weighted by molar-refractivity contribution is 14.0. The predicted octanol–water partition coefficient (Wildman–Crippen LogP) is 3.49. The van der Waals surface area contributed by atoms with Gasteiger partial charge in [-0.05, 0) is 23.8 Å². The quantitative estimate of drug-likeness (QED) is 0.354. The minimum atomic E-state index is -0.511. The summed E-state index contributed by atoms with van der Waals surface area (Å²) in [7, 11) is 2.97. The maximum Gasteiger partial charge on any atom is 0.411 e. The number of carbonyl (C=O) groups is 1. The average Bonchev–Trinajstić information content (AvgIpc) is 2.64. The topological polar surface area (TPSA) is 74.8 Å². The Labute approximate surface area is 169 Å². The van der Waals surface area contributed by atoms with Crippen molar-refractivity contribution in [1.82, 2.24) is 10.6 Å². The third-order valence-electron chi connectivity index (χ3n) is 3.47. The molecule has 0 saturated carbocycles. The summed E-state index contributed by atoms with van der Waals surface area (Å²) in [6, 6.07) is 13.9. The first-order valence-electron chi connectivity index (χ1n) is 7.74. The van der Waals surface area contributed by atoms with Gasteiger partial charge >= 0.3 is 6.09 Å². The van der Waals surface area contributed by atoms with Crippen LogP contribution in [0.1, 0.15) is 11.1 Å². The predicted molar refractivity (Wildman–Crippen MR) is 111 cm³/mol. The highest BCUT2D eigenvalue weighted by Gasteiger charge is 2.04. The number of rotatable bonds is 5. The number of anilines is 1. The number of halogens is 2. The fourth-order valence-corrected chi connectivity index (χ4v) is 2.10. The SMILES string of the molecule is CN=C(NCc1ccc(NC(=O)OC)cc1)NCc1ccccc1F.I. The van der Waals surface area contributed by atoms with Gasteiger partial charge in [-0.1, -0.05) is 30.3 Å². The van der Waals surface area contributed by atoms with Gasteiger partial charge in [0.2, 0.25) is 0 Å². The Morgan fingerprint density at radius 1 is 1.08 bits per heavy atom. The zero-order valence-electron chi connectivity index (χ0n) is 14.6. The van der Waals surface area contributed by atoms with Crippen LogP contribution in [0.4, 0.5) is 14.9 Å². The highest BCUT2D eigenvalue weighted by atomic mass is 127. The van der Waals surface area contributed by atoms with Crippen molar-refractivity contribution in [3.05, 3.63) is 65.5 Å². The van der Waals surface area contributed by atoms with Gasteiger partial charge in [0.25, 0.3) is 0 Å². The molecular formula is C18H22FIN4O2. The van der Waals surface area contributed by atoms with E-state index in [0.717, 1.165) is 5.56 Å². The van der Waals surface area contributed by atoms with E-state index in [0.29, 0.717) is 30.3 Å². The van der Waals surface area contributed by atoms with Crippen LogP contribution in [0.5, 0.6) is 0 Å². The number of benzene rings is 2. The molecule has 0 bridgehead atoms. The van der Waals surface area contributed by atoms with Crippen LogP contribution in [0.25, 0.3) is 0 Å². The molecule has 2 rings (SSSR count). The van der Waals surface area contributed by atoms with Crippen molar-refractivity contribution in [1.29, 1.82) is 0 Å². The van der Waals surface area contributed by atoms with Gasteiger partial charge < -0.3 is 15.4 Å². The Hall–Kier alpha value is -2.36. The number of hydrogen-bond donors (Lipinski definition) is 3. The molecule has 0 unspecified atom stereocenters. The van der Waals surface area contributed by atoms with Crippen LogP contribution in [0.3, 0.4) is 0 Å². The minimum Gasteiger partial charge on any atom is -0.453 e. The first-order chi connectivity index (χ1) is 12.1. The second kappa shape index (κ2) is 11.3. The van der Waals surface area contributed by atoms with E-state index in [1.807, 2.05) is 12.1 Å². The molecule has 0 heterocycles. The lowest BCUT2D eigenvalue weighted by Crippen LogP contribution is -2.36. The van der Waals surface area contributed by atoms with E-state index in [1.165, 1.54) is 13.2 Å². The number of nitrogens with one attached hydrogen (secondary N) is 3. The molecule has 6 nitrogen and oxygen atoms in total. The summed E-state index contributed by atoms with van der Waals surface area (Å²) < 4.78 is 18.1. The molecule has 140 valence electrons. The monoisotopic (exact) mass is 472 g/mol. The van der Waals surface area contributed by atoms with Crippen molar-refractivity contribution in [2.45, 2.75) is 13.1 Å². The first kappa shape index (κ1) is 21.7. The lowest BCUT2D eigenvalue weighted by Gasteiger charge is -2.12. The molecule has 8 heteroatoms. The van der Waals surface area contributed by atoms with Gasteiger partial charge in [-0.3, -0.25) is 10.3 Å². The highest BCUT2D eigenvalue weighted by Crippen LogP contribution is 2.10. The zero-order valence-corrected chi connectivity index (χ0v) is 16.9. The van der Waals surface area contributed by atoms with E-state index in [1.54, 1.807) is 37.4 Å². The van der Waals surface area contributed by atoms with Crippen molar-refractivity contribution in [3.8, 4) is 0 Å². The van der Waals surface area contributed by atoms with E-state index in [9.17, 15) is 9.18 Å². The maximum absolute atomic E-state index is 13.6. The number of nitrogens with zero attached hydrogens (tertiary/aromatic N) is 1. The summed E-state index contributed by atoms with van der Waals surface area (Å²) >= 11 is 0.